The van der Waals surface area contributed by atoms with Crippen LogP contribution in [0.4, 0.5) is 5.13 Å². The Balaban J connectivity index is 2.03. The molecule has 0 aromatic carbocycles. The van der Waals surface area contributed by atoms with Crippen molar-refractivity contribution < 1.29 is 13.2 Å². The second kappa shape index (κ2) is 4.38. The maximum atomic E-state index is 11.8. The van der Waals surface area contributed by atoms with Crippen LogP contribution in [0.25, 0.3) is 0 Å². The summed E-state index contributed by atoms with van der Waals surface area (Å²) in [6.07, 6.45) is 0.414. The second-order valence-electron chi connectivity index (χ2n) is 4.25. The number of amides is 1. The molecule has 1 aromatic rings. The van der Waals surface area contributed by atoms with E-state index in [1.165, 1.54) is 11.3 Å². The van der Waals surface area contributed by atoms with Gasteiger partial charge in [-0.2, -0.15) is 0 Å². The summed E-state index contributed by atoms with van der Waals surface area (Å²) < 4.78 is 22.5. The van der Waals surface area contributed by atoms with Gasteiger partial charge in [0, 0.05) is 4.88 Å². The summed E-state index contributed by atoms with van der Waals surface area (Å²) in [5.74, 6) is -0.590. The zero-order valence-corrected chi connectivity index (χ0v) is 11.3. The lowest BCUT2D eigenvalue weighted by atomic mass is 10.1. The highest BCUT2D eigenvalue weighted by Crippen LogP contribution is 2.24. The van der Waals surface area contributed by atoms with Crippen LogP contribution >= 0.6 is 11.3 Å². The van der Waals surface area contributed by atoms with Crippen molar-refractivity contribution in [2.45, 2.75) is 20.3 Å². The molecule has 0 saturated carbocycles. The maximum absolute atomic E-state index is 11.8. The first kappa shape index (κ1) is 12.5. The Morgan fingerprint density at radius 2 is 2.18 bits per heavy atom. The topological polar surface area (TPSA) is 76.1 Å². The van der Waals surface area contributed by atoms with Crippen LogP contribution in [-0.2, 0) is 14.6 Å². The van der Waals surface area contributed by atoms with Crippen LogP contribution in [-0.4, -0.2) is 30.8 Å². The molecule has 1 N–H and O–H groups in total. The quantitative estimate of drug-likeness (QED) is 0.877. The number of nitrogens with zero attached hydrogens (tertiary/aromatic N) is 1. The van der Waals surface area contributed by atoms with Gasteiger partial charge in [-0.25, -0.2) is 13.4 Å². The number of aryl methyl sites for hydroxylation is 2. The molecule has 1 fully saturated rings. The summed E-state index contributed by atoms with van der Waals surface area (Å²) in [6, 6.07) is 0. The van der Waals surface area contributed by atoms with Crippen molar-refractivity contribution in [2.24, 2.45) is 5.92 Å². The fourth-order valence-electron chi connectivity index (χ4n) is 1.74. The number of hydrogen-bond donors (Lipinski definition) is 1. The van der Waals surface area contributed by atoms with E-state index >= 15 is 0 Å². The third kappa shape index (κ3) is 2.84. The molecule has 1 saturated heterocycles. The van der Waals surface area contributed by atoms with Gasteiger partial charge in [-0.15, -0.1) is 11.3 Å². The van der Waals surface area contributed by atoms with Crippen LogP contribution in [0.2, 0.25) is 0 Å². The smallest absolute Gasteiger partial charge is 0.230 e. The van der Waals surface area contributed by atoms with E-state index in [0.717, 1.165) is 10.6 Å². The minimum absolute atomic E-state index is 0.0395. The molecule has 0 radical (unpaired) electrons. The zero-order chi connectivity index (χ0) is 12.6. The number of nitrogens with one attached hydrogen (secondary N) is 1. The average Bonchev–Trinajstić information content (AvgIpc) is 2.71. The van der Waals surface area contributed by atoms with Crippen molar-refractivity contribution >= 4 is 32.2 Å². The summed E-state index contributed by atoms with van der Waals surface area (Å²) in [6.45, 7) is 3.81. The fourth-order valence-corrected chi connectivity index (χ4v) is 4.29. The number of sulfone groups is 1. The maximum Gasteiger partial charge on any atom is 0.230 e. The number of carbonyl (C=O) groups excluding carboxylic acids is 1. The summed E-state index contributed by atoms with van der Waals surface area (Å²) in [5, 5.41) is 3.24. The number of carbonyl (C=O) groups is 1. The average molecular weight is 274 g/mol. The predicted octanol–water partition coefficient (Wildman–Crippen LogP) is 1.13. The molecule has 94 valence electrons. The Labute approximate surface area is 104 Å². The standard InChI is InChI=1S/C10H14N2O3S2/c1-6-7(2)16-10(11-6)12-9(13)8-3-4-17(14,15)5-8/h8H,3-5H2,1-2H3,(H,11,12,13). The molecule has 5 nitrogen and oxygen atoms in total. The molecule has 0 bridgehead atoms. The van der Waals surface area contributed by atoms with Gasteiger partial charge in [-0.05, 0) is 20.3 Å². The van der Waals surface area contributed by atoms with Gasteiger partial charge < -0.3 is 5.32 Å². The van der Waals surface area contributed by atoms with Crippen molar-refractivity contribution in [1.82, 2.24) is 4.98 Å². The molecule has 1 unspecified atom stereocenters. The Morgan fingerprint density at radius 3 is 2.65 bits per heavy atom. The minimum atomic E-state index is -3.01. The van der Waals surface area contributed by atoms with Gasteiger partial charge in [0.1, 0.15) is 0 Å². The van der Waals surface area contributed by atoms with E-state index in [1.54, 1.807) is 0 Å². The highest BCUT2D eigenvalue weighted by Gasteiger charge is 2.33. The van der Waals surface area contributed by atoms with Gasteiger partial charge in [0.15, 0.2) is 15.0 Å². The minimum Gasteiger partial charge on any atom is -0.302 e. The molecular formula is C10H14N2O3S2. The Bertz CT molecular complexity index is 528. The number of anilines is 1. The van der Waals surface area contributed by atoms with Gasteiger partial charge in [0.25, 0.3) is 0 Å². The molecule has 1 amide bonds. The molecule has 1 atom stereocenters. The van der Waals surface area contributed by atoms with Crippen molar-refractivity contribution in [3.8, 4) is 0 Å². The number of aromatic nitrogens is 1. The molecule has 1 aromatic heterocycles. The van der Waals surface area contributed by atoms with Crippen molar-refractivity contribution in [3.05, 3.63) is 10.6 Å². The van der Waals surface area contributed by atoms with Crippen molar-refractivity contribution in [1.29, 1.82) is 0 Å². The SMILES string of the molecule is Cc1nc(NC(=O)C2CCS(=O)(=O)C2)sc1C. The van der Waals surface area contributed by atoms with E-state index in [2.05, 4.69) is 10.3 Å². The van der Waals surface area contributed by atoms with Crippen LogP contribution in [0.15, 0.2) is 0 Å². The molecule has 1 aliphatic heterocycles. The molecule has 1 aliphatic rings. The summed E-state index contributed by atoms with van der Waals surface area (Å²) in [7, 11) is -3.01. The summed E-state index contributed by atoms with van der Waals surface area (Å²) in [4.78, 5) is 17.1. The predicted molar refractivity (Wildman–Crippen MR) is 67.0 cm³/mol. The van der Waals surface area contributed by atoms with Crippen LogP contribution in [0.1, 0.15) is 17.0 Å². The van der Waals surface area contributed by atoms with Crippen molar-refractivity contribution in [3.63, 3.8) is 0 Å². The highest BCUT2D eigenvalue weighted by molar-refractivity contribution is 7.91. The molecule has 0 aliphatic carbocycles. The van der Waals surface area contributed by atoms with E-state index in [4.69, 9.17) is 0 Å². The van der Waals surface area contributed by atoms with Crippen molar-refractivity contribution in [2.75, 3.05) is 16.8 Å². The lowest BCUT2D eigenvalue weighted by Gasteiger charge is -2.06. The molecule has 2 rings (SSSR count). The van der Waals surface area contributed by atoms with Gasteiger partial charge in [-0.1, -0.05) is 0 Å². The summed E-state index contributed by atoms with van der Waals surface area (Å²) in [5.41, 5.74) is 0.893. The normalized spacial score (nSPS) is 22.6. The molecule has 2 heterocycles. The lowest BCUT2D eigenvalue weighted by Crippen LogP contribution is -2.23. The first-order valence-corrected chi connectivity index (χ1v) is 7.96. The third-order valence-corrected chi connectivity index (χ3v) is 5.62. The van der Waals surface area contributed by atoms with Crippen LogP contribution in [0.3, 0.4) is 0 Å². The Kier molecular flexibility index (Phi) is 3.22. The second-order valence-corrected chi connectivity index (χ2v) is 7.68. The van der Waals surface area contributed by atoms with Crippen LogP contribution < -0.4 is 5.32 Å². The van der Waals surface area contributed by atoms with Gasteiger partial charge >= 0.3 is 0 Å². The van der Waals surface area contributed by atoms with Crippen LogP contribution in [0.5, 0.6) is 0 Å². The first-order chi connectivity index (χ1) is 7.87. The largest absolute Gasteiger partial charge is 0.302 e. The van der Waals surface area contributed by atoms with Crippen LogP contribution in [0, 0.1) is 19.8 Å². The Hall–Kier alpha value is -0.950. The van der Waals surface area contributed by atoms with E-state index < -0.39 is 15.8 Å². The number of rotatable bonds is 2. The zero-order valence-electron chi connectivity index (χ0n) is 9.69. The van der Waals surface area contributed by atoms with Gasteiger partial charge in [-0.3, -0.25) is 4.79 Å². The molecule has 17 heavy (non-hydrogen) atoms. The molecule has 0 spiro atoms. The monoisotopic (exact) mass is 274 g/mol. The molecule has 7 heteroatoms. The first-order valence-electron chi connectivity index (χ1n) is 5.33. The number of thiazole rings is 1. The van der Waals surface area contributed by atoms with Gasteiger partial charge in [0.2, 0.25) is 5.91 Å². The van der Waals surface area contributed by atoms with E-state index in [0.29, 0.717) is 11.6 Å². The fraction of sp³-hybridized carbons (Fsp3) is 0.600. The van der Waals surface area contributed by atoms with E-state index in [9.17, 15) is 13.2 Å². The van der Waals surface area contributed by atoms with E-state index in [1.807, 2.05) is 13.8 Å². The summed E-state index contributed by atoms with van der Waals surface area (Å²) >= 11 is 1.41. The molecular weight excluding hydrogens is 260 g/mol. The highest BCUT2D eigenvalue weighted by atomic mass is 32.2. The number of hydrogen-bond acceptors (Lipinski definition) is 5. The van der Waals surface area contributed by atoms with E-state index in [-0.39, 0.29) is 17.4 Å². The lowest BCUT2D eigenvalue weighted by molar-refractivity contribution is -0.119. The Morgan fingerprint density at radius 1 is 1.47 bits per heavy atom. The third-order valence-electron chi connectivity index (χ3n) is 2.86. The van der Waals surface area contributed by atoms with Gasteiger partial charge in [0.05, 0.1) is 23.1 Å².